The molecule has 20 heavy (non-hydrogen) atoms. The third kappa shape index (κ3) is 3.52. The zero-order valence-electron chi connectivity index (χ0n) is 12.6. The predicted octanol–water partition coefficient (Wildman–Crippen LogP) is 2.61. The zero-order valence-corrected chi connectivity index (χ0v) is 13.4. The van der Waals surface area contributed by atoms with Crippen LogP contribution in [0.3, 0.4) is 0 Å². The maximum atomic E-state index is 12.4. The van der Waals surface area contributed by atoms with Crippen LogP contribution in [0, 0.1) is 0 Å². The number of ether oxygens (including phenoxy) is 2. The van der Waals surface area contributed by atoms with Crippen LogP contribution in [-0.4, -0.2) is 28.0 Å². The van der Waals surface area contributed by atoms with Crippen molar-refractivity contribution in [1.29, 1.82) is 0 Å². The maximum absolute atomic E-state index is 12.4. The molecule has 0 spiro atoms. The summed E-state index contributed by atoms with van der Waals surface area (Å²) >= 11 is 0. The summed E-state index contributed by atoms with van der Waals surface area (Å²) in [6.07, 6.45) is 0. The lowest BCUT2D eigenvalue weighted by atomic mass is 10.1. The highest BCUT2D eigenvalue weighted by Crippen LogP contribution is 2.34. The molecule has 0 fully saturated rings. The quantitative estimate of drug-likeness (QED) is 0.907. The molecule has 1 heterocycles. The zero-order chi connectivity index (χ0) is 14.8. The van der Waals surface area contributed by atoms with Crippen LogP contribution in [0.1, 0.15) is 39.3 Å². The third-order valence-electron chi connectivity index (χ3n) is 3.25. The molecular weight excluding hydrogens is 274 g/mol. The number of benzene rings is 1. The van der Waals surface area contributed by atoms with E-state index in [1.807, 2.05) is 39.0 Å². The number of hydrogen-bond acceptors (Lipinski definition) is 4. The molecule has 0 amide bonds. The van der Waals surface area contributed by atoms with Gasteiger partial charge in [0.05, 0.1) is 0 Å². The SMILES string of the molecule is CCNC(CS(=O)C(C)(C)C)c1ccc2c(c1)OCO2. The van der Waals surface area contributed by atoms with Crippen molar-refractivity contribution in [2.45, 2.75) is 38.5 Å². The molecule has 2 atom stereocenters. The Bertz CT molecular complexity index is 496. The second kappa shape index (κ2) is 6.14. The van der Waals surface area contributed by atoms with Crippen molar-refractivity contribution in [1.82, 2.24) is 5.32 Å². The molecule has 4 nitrogen and oxygen atoms in total. The molecule has 1 aromatic rings. The fraction of sp³-hybridized carbons (Fsp3) is 0.600. The van der Waals surface area contributed by atoms with E-state index < -0.39 is 10.8 Å². The first-order valence-corrected chi connectivity index (χ1v) is 8.25. The van der Waals surface area contributed by atoms with Gasteiger partial charge in [0, 0.05) is 27.3 Å². The molecule has 0 aliphatic carbocycles. The highest BCUT2D eigenvalue weighted by atomic mass is 32.2. The Morgan fingerprint density at radius 2 is 2.00 bits per heavy atom. The van der Waals surface area contributed by atoms with E-state index in [1.165, 1.54) is 0 Å². The first-order valence-electron chi connectivity index (χ1n) is 6.93. The lowest BCUT2D eigenvalue weighted by Crippen LogP contribution is -2.32. The molecule has 2 rings (SSSR count). The molecule has 1 N–H and O–H groups in total. The number of fused-ring (bicyclic) bond motifs is 1. The highest BCUT2D eigenvalue weighted by Gasteiger charge is 2.25. The average Bonchev–Trinajstić information content (AvgIpc) is 2.84. The summed E-state index contributed by atoms with van der Waals surface area (Å²) < 4.78 is 22.9. The largest absolute Gasteiger partial charge is 0.454 e. The van der Waals surface area contributed by atoms with Gasteiger partial charge in [-0.25, -0.2) is 0 Å². The molecule has 0 bridgehead atoms. The van der Waals surface area contributed by atoms with E-state index in [9.17, 15) is 4.21 Å². The third-order valence-corrected chi connectivity index (χ3v) is 5.25. The molecule has 1 aromatic carbocycles. The van der Waals surface area contributed by atoms with Crippen molar-refractivity contribution >= 4 is 10.8 Å². The van der Waals surface area contributed by atoms with Gasteiger partial charge in [0.25, 0.3) is 0 Å². The first-order chi connectivity index (χ1) is 9.41. The minimum atomic E-state index is -0.902. The highest BCUT2D eigenvalue weighted by molar-refractivity contribution is 7.86. The number of rotatable bonds is 5. The smallest absolute Gasteiger partial charge is 0.231 e. The van der Waals surface area contributed by atoms with Crippen molar-refractivity contribution in [3.63, 3.8) is 0 Å². The van der Waals surface area contributed by atoms with Gasteiger partial charge in [-0.1, -0.05) is 13.0 Å². The van der Waals surface area contributed by atoms with E-state index in [0.29, 0.717) is 5.75 Å². The van der Waals surface area contributed by atoms with E-state index in [0.717, 1.165) is 23.6 Å². The summed E-state index contributed by atoms with van der Waals surface area (Å²) in [5, 5.41) is 3.40. The lowest BCUT2D eigenvalue weighted by molar-refractivity contribution is 0.174. The topological polar surface area (TPSA) is 47.6 Å². The molecule has 0 saturated carbocycles. The molecule has 1 aliphatic heterocycles. The van der Waals surface area contributed by atoms with Gasteiger partial charge in [-0.3, -0.25) is 4.21 Å². The molecule has 2 unspecified atom stereocenters. The molecule has 1 aliphatic rings. The van der Waals surface area contributed by atoms with Crippen LogP contribution in [0.25, 0.3) is 0 Å². The van der Waals surface area contributed by atoms with Crippen LogP contribution in [0.2, 0.25) is 0 Å². The Morgan fingerprint density at radius 3 is 2.65 bits per heavy atom. The van der Waals surface area contributed by atoms with Gasteiger partial charge < -0.3 is 14.8 Å². The van der Waals surface area contributed by atoms with Gasteiger partial charge in [0.1, 0.15) is 0 Å². The van der Waals surface area contributed by atoms with Crippen LogP contribution in [0.15, 0.2) is 18.2 Å². The molecule has 5 heteroatoms. The Kier molecular flexibility index (Phi) is 4.70. The summed E-state index contributed by atoms with van der Waals surface area (Å²) in [7, 11) is -0.902. The van der Waals surface area contributed by atoms with Crippen LogP contribution in [0.4, 0.5) is 0 Å². The summed E-state index contributed by atoms with van der Waals surface area (Å²) in [6, 6.07) is 5.98. The molecule has 0 saturated heterocycles. The fourth-order valence-corrected chi connectivity index (χ4v) is 3.16. The van der Waals surface area contributed by atoms with Gasteiger partial charge in [-0.15, -0.1) is 0 Å². The van der Waals surface area contributed by atoms with Crippen LogP contribution in [-0.2, 0) is 10.8 Å². The van der Waals surface area contributed by atoms with Crippen LogP contribution >= 0.6 is 0 Å². The van der Waals surface area contributed by atoms with Gasteiger partial charge >= 0.3 is 0 Å². The minimum absolute atomic E-state index is 0.0644. The van der Waals surface area contributed by atoms with Gasteiger partial charge in [-0.2, -0.15) is 0 Å². The van der Waals surface area contributed by atoms with Crippen LogP contribution in [0.5, 0.6) is 11.5 Å². The van der Waals surface area contributed by atoms with Gasteiger partial charge in [0.2, 0.25) is 6.79 Å². The molecular formula is C15H23NO3S. The van der Waals surface area contributed by atoms with Gasteiger partial charge in [0.15, 0.2) is 11.5 Å². The summed E-state index contributed by atoms with van der Waals surface area (Å²) in [5.41, 5.74) is 1.09. The van der Waals surface area contributed by atoms with Crippen molar-refractivity contribution in [2.24, 2.45) is 0 Å². The van der Waals surface area contributed by atoms with Crippen molar-refractivity contribution < 1.29 is 13.7 Å². The van der Waals surface area contributed by atoms with E-state index in [1.54, 1.807) is 0 Å². The first kappa shape index (κ1) is 15.3. The average molecular weight is 297 g/mol. The van der Waals surface area contributed by atoms with Crippen molar-refractivity contribution in [2.75, 3.05) is 19.1 Å². The monoisotopic (exact) mass is 297 g/mol. The normalized spacial score (nSPS) is 17.0. The Labute approximate surface area is 123 Å². The Balaban J connectivity index is 2.18. The van der Waals surface area contributed by atoms with Crippen molar-refractivity contribution in [3.05, 3.63) is 23.8 Å². The Morgan fingerprint density at radius 1 is 1.30 bits per heavy atom. The summed E-state index contributed by atoms with van der Waals surface area (Å²) in [4.78, 5) is 0. The van der Waals surface area contributed by atoms with Crippen LogP contribution < -0.4 is 14.8 Å². The second-order valence-corrected chi connectivity index (χ2v) is 8.10. The second-order valence-electron chi connectivity index (χ2n) is 5.85. The molecule has 0 aromatic heterocycles. The van der Waals surface area contributed by atoms with E-state index in [-0.39, 0.29) is 17.6 Å². The molecule has 0 radical (unpaired) electrons. The van der Waals surface area contributed by atoms with Crippen molar-refractivity contribution in [3.8, 4) is 11.5 Å². The summed E-state index contributed by atoms with van der Waals surface area (Å²) in [5.74, 6) is 2.14. The van der Waals surface area contributed by atoms with E-state index >= 15 is 0 Å². The minimum Gasteiger partial charge on any atom is -0.454 e. The fourth-order valence-electron chi connectivity index (χ4n) is 2.05. The van der Waals surface area contributed by atoms with E-state index in [2.05, 4.69) is 12.2 Å². The van der Waals surface area contributed by atoms with Gasteiger partial charge in [-0.05, 0) is 45.0 Å². The lowest BCUT2D eigenvalue weighted by Gasteiger charge is -2.24. The van der Waals surface area contributed by atoms with E-state index in [4.69, 9.17) is 9.47 Å². The standard InChI is InChI=1S/C15H23NO3S/c1-5-16-12(9-20(17)15(2,3)4)11-6-7-13-14(8-11)19-10-18-13/h6-8,12,16H,5,9-10H2,1-4H3. The number of hydrogen-bond donors (Lipinski definition) is 1. The Hall–Kier alpha value is -1.07. The maximum Gasteiger partial charge on any atom is 0.231 e. The number of nitrogens with one attached hydrogen (secondary N) is 1. The molecule has 112 valence electrons. The predicted molar refractivity (Wildman–Crippen MR) is 81.7 cm³/mol. The summed E-state index contributed by atoms with van der Waals surface area (Å²) in [6.45, 7) is 9.18.